The molecule has 9 nitrogen and oxygen atoms in total. The number of hydrogen-bond donors (Lipinski definition) is 3. The van der Waals surface area contributed by atoms with Crippen molar-refractivity contribution < 1.29 is 19.4 Å². The predicted octanol–water partition coefficient (Wildman–Crippen LogP) is 2.71. The van der Waals surface area contributed by atoms with Crippen molar-refractivity contribution in [2.24, 2.45) is 5.92 Å². The van der Waals surface area contributed by atoms with Gasteiger partial charge in [0.05, 0.1) is 25.3 Å². The fourth-order valence-corrected chi connectivity index (χ4v) is 3.86. The Morgan fingerprint density at radius 3 is 2.91 bits per heavy atom. The number of carbonyl (C=O) groups is 2. The number of carbonyl (C=O) groups excluding carboxylic acids is 1. The molecule has 1 saturated heterocycles. The second-order valence-electron chi connectivity index (χ2n) is 8.03. The summed E-state index contributed by atoms with van der Waals surface area (Å²) in [5.41, 5.74) is 2.77. The van der Waals surface area contributed by atoms with E-state index in [0.29, 0.717) is 24.5 Å². The molecule has 2 aromatic rings. The van der Waals surface area contributed by atoms with E-state index in [1.807, 2.05) is 12.1 Å². The van der Waals surface area contributed by atoms with Crippen LogP contribution in [0.3, 0.4) is 0 Å². The van der Waals surface area contributed by atoms with Gasteiger partial charge in [-0.3, -0.25) is 4.79 Å². The van der Waals surface area contributed by atoms with E-state index in [1.165, 1.54) is 18.9 Å². The first kappa shape index (κ1) is 21.6. The van der Waals surface area contributed by atoms with E-state index in [-0.39, 0.29) is 18.4 Å². The number of aryl methyl sites for hydroxylation is 1. The maximum Gasteiger partial charge on any atom is 0.317 e. The Hall–Kier alpha value is -3.62. The van der Waals surface area contributed by atoms with Gasteiger partial charge in [0.15, 0.2) is 0 Å². The normalized spacial score (nSPS) is 16.6. The first-order chi connectivity index (χ1) is 15.5. The zero-order chi connectivity index (χ0) is 22.5. The quantitative estimate of drug-likeness (QED) is 0.610. The maximum absolute atomic E-state index is 12.6. The van der Waals surface area contributed by atoms with E-state index in [1.54, 1.807) is 17.0 Å². The summed E-state index contributed by atoms with van der Waals surface area (Å²) in [6, 6.07) is 6.54. The molecule has 9 heteroatoms. The summed E-state index contributed by atoms with van der Waals surface area (Å²) in [5, 5.41) is 15.4. The van der Waals surface area contributed by atoms with E-state index >= 15 is 0 Å². The van der Waals surface area contributed by atoms with Crippen molar-refractivity contribution >= 4 is 23.9 Å². The van der Waals surface area contributed by atoms with Gasteiger partial charge in [-0.05, 0) is 36.1 Å². The molecule has 1 fully saturated rings. The summed E-state index contributed by atoms with van der Waals surface area (Å²) in [6.07, 6.45) is 7.55. The van der Waals surface area contributed by atoms with Gasteiger partial charge in [-0.25, -0.2) is 14.8 Å². The highest BCUT2D eigenvalue weighted by Crippen LogP contribution is 2.23. The van der Waals surface area contributed by atoms with Crippen molar-refractivity contribution in [2.45, 2.75) is 25.3 Å². The number of likely N-dealkylation sites (tertiary alicyclic amines) is 1. The van der Waals surface area contributed by atoms with Gasteiger partial charge in [-0.15, -0.1) is 0 Å². The van der Waals surface area contributed by atoms with Gasteiger partial charge in [0, 0.05) is 37.8 Å². The summed E-state index contributed by atoms with van der Waals surface area (Å²) in [6.45, 7) is 2.10. The molecule has 168 valence electrons. The lowest BCUT2D eigenvalue weighted by Gasteiger charge is -2.38. The summed E-state index contributed by atoms with van der Waals surface area (Å²) >= 11 is 0. The number of fused-ring (bicyclic) bond motifs is 1. The van der Waals surface area contributed by atoms with Crippen LogP contribution in [0.2, 0.25) is 0 Å². The standard InChI is InChI=1S/C23H27N5O4/c1-32-20-9-6-17(12-25-20)19(11-21(29)30)27-23(31)28-13-15(14-28)4-7-18-8-5-16-3-2-10-24-22(16)26-18/h4-9,12,15,19H,2-3,10-11,13-14H2,1H3,(H,24,26)(H,27,31)(H,29,30). The van der Waals surface area contributed by atoms with Crippen LogP contribution in [0, 0.1) is 5.92 Å². The van der Waals surface area contributed by atoms with Gasteiger partial charge in [0.1, 0.15) is 5.82 Å². The molecule has 0 aromatic carbocycles. The number of aromatic nitrogens is 2. The van der Waals surface area contributed by atoms with Crippen molar-refractivity contribution in [3.63, 3.8) is 0 Å². The molecule has 2 amide bonds. The summed E-state index contributed by atoms with van der Waals surface area (Å²) in [5.74, 6) is 0.635. The average molecular weight is 438 g/mol. The smallest absolute Gasteiger partial charge is 0.317 e. The highest BCUT2D eigenvalue weighted by atomic mass is 16.5. The van der Waals surface area contributed by atoms with Gasteiger partial charge in [0.2, 0.25) is 5.88 Å². The average Bonchev–Trinajstić information content (AvgIpc) is 2.77. The number of urea groups is 1. The van der Waals surface area contributed by atoms with Crippen molar-refractivity contribution in [1.82, 2.24) is 20.2 Å². The molecule has 0 spiro atoms. The Morgan fingerprint density at radius 1 is 1.34 bits per heavy atom. The van der Waals surface area contributed by atoms with Crippen LogP contribution in [-0.4, -0.2) is 58.7 Å². The molecule has 4 rings (SSSR count). The van der Waals surface area contributed by atoms with Crippen LogP contribution in [-0.2, 0) is 11.2 Å². The zero-order valence-electron chi connectivity index (χ0n) is 18.0. The molecule has 0 bridgehead atoms. The van der Waals surface area contributed by atoms with Crippen molar-refractivity contribution in [3.8, 4) is 5.88 Å². The van der Waals surface area contributed by atoms with Gasteiger partial charge in [-0.2, -0.15) is 0 Å². The minimum Gasteiger partial charge on any atom is -0.481 e. The highest BCUT2D eigenvalue weighted by Gasteiger charge is 2.30. The maximum atomic E-state index is 12.6. The molecule has 0 radical (unpaired) electrons. The number of nitrogens with zero attached hydrogens (tertiary/aromatic N) is 3. The first-order valence-electron chi connectivity index (χ1n) is 10.7. The number of methoxy groups -OCH3 is 1. The molecule has 4 heterocycles. The summed E-state index contributed by atoms with van der Waals surface area (Å²) in [7, 11) is 1.51. The Labute approximate surface area is 186 Å². The third-order valence-corrected chi connectivity index (χ3v) is 5.70. The lowest BCUT2D eigenvalue weighted by molar-refractivity contribution is -0.137. The SMILES string of the molecule is COc1ccc(C(CC(=O)O)NC(=O)N2CC(C=Cc3ccc4c(n3)NCCC4)C2)cn1. The molecular weight excluding hydrogens is 410 g/mol. The predicted molar refractivity (Wildman–Crippen MR) is 119 cm³/mol. The molecule has 1 atom stereocenters. The van der Waals surface area contributed by atoms with Crippen molar-refractivity contribution in [1.29, 1.82) is 0 Å². The number of anilines is 1. The number of hydrogen-bond acceptors (Lipinski definition) is 6. The number of aliphatic carboxylic acids is 1. The topological polar surface area (TPSA) is 117 Å². The number of carboxylic acids is 1. The third kappa shape index (κ3) is 5.16. The van der Waals surface area contributed by atoms with Crippen molar-refractivity contribution in [2.75, 3.05) is 32.1 Å². The van der Waals surface area contributed by atoms with Crippen LogP contribution < -0.4 is 15.4 Å². The van der Waals surface area contributed by atoms with Gasteiger partial charge < -0.3 is 25.4 Å². The van der Waals surface area contributed by atoms with Gasteiger partial charge in [0.25, 0.3) is 0 Å². The fourth-order valence-electron chi connectivity index (χ4n) is 3.86. The molecule has 2 aromatic heterocycles. The largest absolute Gasteiger partial charge is 0.481 e. The zero-order valence-corrected chi connectivity index (χ0v) is 18.0. The second-order valence-corrected chi connectivity index (χ2v) is 8.03. The van der Waals surface area contributed by atoms with Gasteiger partial charge >= 0.3 is 12.0 Å². The van der Waals surface area contributed by atoms with E-state index in [2.05, 4.69) is 32.7 Å². The first-order valence-corrected chi connectivity index (χ1v) is 10.7. The van der Waals surface area contributed by atoms with E-state index in [0.717, 1.165) is 30.9 Å². The fraction of sp³-hybridized carbons (Fsp3) is 0.391. The molecule has 32 heavy (non-hydrogen) atoms. The van der Waals surface area contributed by atoms with Gasteiger partial charge in [-0.1, -0.05) is 18.2 Å². The summed E-state index contributed by atoms with van der Waals surface area (Å²) in [4.78, 5) is 34.3. The minimum absolute atomic E-state index is 0.227. The van der Waals surface area contributed by atoms with E-state index in [4.69, 9.17) is 4.74 Å². The van der Waals surface area contributed by atoms with Crippen LogP contribution >= 0.6 is 0 Å². The summed E-state index contributed by atoms with van der Waals surface area (Å²) < 4.78 is 5.03. The van der Waals surface area contributed by atoms with Crippen LogP contribution in [0.5, 0.6) is 5.88 Å². The molecule has 2 aliphatic heterocycles. The molecule has 0 saturated carbocycles. The Morgan fingerprint density at radius 2 is 2.19 bits per heavy atom. The van der Waals surface area contributed by atoms with Crippen LogP contribution in [0.15, 0.2) is 36.5 Å². The third-order valence-electron chi connectivity index (χ3n) is 5.70. The molecule has 1 unspecified atom stereocenters. The van der Waals surface area contributed by atoms with Crippen LogP contribution in [0.25, 0.3) is 6.08 Å². The number of ether oxygens (including phenoxy) is 1. The van der Waals surface area contributed by atoms with E-state index < -0.39 is 12.0 Å². The van der Waals surface area contributed by atoms with E-state index in [9.17, 15) is 14.7 Å². The minimum atomic E-state index is -0.998. The lowest BCUT2D eigenvalue weighted by Crippen LogP contribution is -2.53. The number of rotatable bonds is 7. The monoisotopic (exact) mass is 437 g/mol. The molecular formula is C23H27N5O4. The van der Waals surface area contributed by atoms with Crippen molar-refractivity contribution in [3.05, 3.63) is 53.4 Å². The Bertz CT molecular complexity index is 1000. The number of amides is 2. The number of nitrogens with one attached hydrogen (secondary N) is 2. The Kier molecular flexibility index (Phi) is 6.53. The molecule has 3 N–H and O–H groups in total. The van der Waals surface area contributed by atoms with Crippen LogP contribution in [0.4, 0.5) is 10.6 Å². The van der Waals surface area contributed by atoms with Crippen LogP contribution in [0.1, 0.15) is 35.7 Å². The second kappa shape index (κ2) is 9.67. The Balaban J connectivity index is 1.31. The molecule has 0 aliphatic carbocycles. The lowest BCUT2D eigenvalue weighted by atomic mass is 9.99. The highest BCUT2D eigenvalue weighted by molar-refractivity contribution is 5.77. The number of carboxylic acid groups (broad SMARTS) is 1. The molecule has 2 aliphatic rings. The number of pyridine rings is 2.